The number of unbranched alkanes of at least 4 members (excludes halogenated alkanes) is 6. The summed E-state index contributed by atoms with van der Waals surface area (Å²) in [4.78, 5) is 31.9. The maximum Gasteiger partial charge on any atom is 2.00 e. The number of aryl methyl sites for hydroxylation is 6. The summed E-state index contributed by atoms with van der Waals surface area (Å²) in [5, 5.41) is 58.2. The van der Waals surface area contributed by atoms with E-state index in [4.69, 9.17) is 20.2 Å². The SMILES string of the molecule is CCCCCCCCC(=Nc1ccc(CC)c(CC)c1)C(CCCC)=Nc1ccc(CC)c(CC)c1.CCCc1ccc(O)c(O)c1C(=O)[O-].CCCc1ccc(O)c(O)c1C(=O)[O-].[Ni+2]. The van der Waals surface area contributed by atoms with Crippen LogP contribution in [0.15, 0.2) is 70.6 Å². The van der Waals surface area contributed by atoms with Gasteiger partial charge in [0.25, 0.3) is 0 Å². The molecule has 0 fully saturated rings. The van der Waals surface area contributed by atoms with Crippen molar-refractivity contribution in [2.45, 2.75) is 171 Å². The summed E-state index contributed by atoms with van der Waals surface area (Å²) >= 11 is 0. The van der Waals surface area contributed by atoms with Gasteiger partial charge in [-0.25, -0.2) is 0 Å². The average Bonchev–Trinajstić information content (AvgIpc) is 3.28. The molecule has 358 valence electrons. The van der Waals surface area contributed by atoms with Gasteiger partial charge in [0, 0.05) is 11.1 Å². The van der Waals surface area contributed by atoms with Crippen LogP contribution in [0, 0.1) is 0 Å². The normalized spacial score (nSPS) is 11.2. The number of aromatic carboxylic acids is 2. The average molecular weight is 938 g/mol. The summed E-state index contributed by atoms with van der Waals surface area (Å²) in [7, 11) is 0. The number of carbonyl (C=O) groups is 2. The molecule has 4 aromatic rings. The van der Waals surface area contributed by atoms with Gasteiger partial charge in [-0.3, -0.25) is 9.98 Å². The maximum atomic E-state index is 10.7. The van der Waals surface area contributed by atoms with Crippen LogP contribution in [0.3, 0.4) is 0 Å². The molecular formula is C54H74N2NiO8. The van der Waals surface area contributed by atoms with Crippen LogP contribution in [-0.2, 0) is 55.0 Å². The van der Waals surface area contributed by atoms with Crippen LogP contribution in [0.5, 0.6) is 23.0 Å². The van der Waals surface area contributed by atoms with Crippen molar-refractivity contribution < 1.29 is 56.7 Å². The second kappa shape index (κ2) is 31.7. The van der Waals surface area contributed by atoms with Gasteiger partial charge >= 0.3 is 16.5 Å². The molecule has 0 saturated heterocycles. The third-order valence-corrected chi connectivity index (χ3v) is 11.2. The molecule has 0 heterocycles. The molecule has 0 unspecified atom stereocenters. The van der Waals surface area contributed by atoms with Gasteiger partial charge in [-0.15, -0.1) is 0 Å². The van der Waals surface area contributed by atoms with E-state index in [1.807, 2.05) is 13.8 Å². The summed E-state index contributed by atoms with van der Waals surface area (Å²) in [5.74, 6) is -5.05. The number of phenolic OH excluding ortho intramolecular Hbond substituents is 2. The number of carboxylic acids is 2. The maximum absolute atomic E-state index is 10.7. The number of phenols is 4. The summed E-state index contributed by atoms with van der Waals surface area (Å²) < 4.78 is 0. The fraction of sp³-hybridized carbons (Fsp3) is 0.481. The fourth-order valence-corrected chi connectivity index (χ4v) is 7.62. The van der Waals surface area contributed by atoms with Crippen molar-refractivity contribution in [3.05, 3.63) is 105 Å². The van der Waals surface area contributed by atoms with Crippen molar-refractivity contribution in [1.82, 2.24) is 0 Å². The minimum absolute atomic E-state index is 0. The summed E-state index contributed by atoms with van der Waals surface area (Å²) in [6, 6.07) is 19.1. The molecule has 10 nitrogen and oxygen atoms in total. The third kappa shape index (κ3) is 18.7. The molecule has 0 atom stereocenters. The van der Waals surface area contributed by atoms with Crippen LogP contribution in [0.2, 0.25) is 0 Å². The quantitative estimate of drug-likeness (QED) is 0.0245. The zero-order chi connectivity index (χ0) is 47.6. The Kier molecular flexibility index (Phi) is 28.2. The Morgan fingerprint density at radius 3 is 1.15 bits per heavy atom. The first-order valence-electron chi connectivity index (χ1n) is 23.6. The first-order valence-corrected chi connectivity index (χ1v) is 23.6. The first kappa shape index (κ1) is 57.9. The zero-order valence-electron chi connectivity index (χ0n) is 40.1. The summed E-state index contributed by atoms with van der Waals surface area (Å²) in [6.07, 6.45) is 18.9. The number of carbonyl (C=O) groups excluding carboxylic acids is 2. The van der Waals surface area contributed by atoms with Gasteiger partial charge in [-0.2, -0.15) is 0 Å². The Bertz CT molecular complexity index is 2070. The van der Waals surface area contributed by atoms with Crippen LogP contribution in [0.25, 0.3) is 0 Å². The molecule has 11 heteroatoms. The number of hydrogen-bond acceptors (Lipinski definition) is 10. The van der Waals surface area contributed by atoms with Gasteiger partial charge in [0.05, 0.1) is 34.7 Å². The van der Waals surface area contributed by atoms with E-state index in [2.05, 4.69) is 77.9 Å². The third-order valence-electron chi connectivity index (χ3n) is 11.2. The molecule has 4 N–H and O–H groups in total. The molecule has 0 radical (unpaired) electrons. The minimum atomic E-state index is -1.47. The second-order valence-electron chi connectivity index (χ2n) is 16.1. The molecule has 0 aliphatic carbocycles. The molecule has 0 aliphatic rings. The van der Waals surface area contributed by atoms with E-state index in [-0.39, 0.29) is 27.6 Å². The number of rotatable bonds is 23. The first-order chi connectivity index (χ1) is 30.7. The number of aliphatic imine (C=N–C) groups is 2. The molecule has 0 amide bonds. The molecule has 0 spiro atoms. The van der Waals surface area contributed by atoms with Crippen LogP contribution in [-0.4, -0.2) is 43.8 Å². The van der Waals surface area contributed by atoms with Crippen molar-refractivity contribution in [1.29, 1.82) is 0 Å². The van der Waals surface area contributed by atoms with Crippen molar-refractivity contribution >= 4 is 34.7 Å². The molecule has 0 bridgehead atoms. The van der Waals surface area contributed by atoms with Crippen LogP contribution < -0.4 is 10.2 Å². The molecule has 0 saturated carbocycles. The van der Waals surface area contributed by atoms with Gasteiger partial charge in [-0.1, -0.05) is 131 Å². The van der Waals surface area contributed by atoms with E-state index in [1.165, 1.54) is 103 Å². The van der Waals surface area contributed by atoms with E-state index in [0.717, 1.165) is 69.2 Å². The Labute approximate surface area is 398 Å². The van der Waals surface area contributed by atoms with Crippen molar-refractivity contribution in [3.8, 4) is 23.0 Å². The second-order valence-corrected chi connectivity index (χ2v) is 16.1. The number of aromatic hydroxyl groups is 4. The van der Waals surface area contributed by atoms with Gasteiger partial charge in [0.2, 0.25) is 0 Å². The van der Waals surface area contributed by atoms with E-state index in [9.17, 15) is 30.0 Å². The molecule has 4 rings (SSSR count). The largest absolute Gasteiger partial charge is 2.00 e. The zero-order valence-corrected chi connectivity index (χ0v) is 41.1. The molecular weight excluding hydrogens is 863 g/mol. The molecule has 0 aromatic heterocycles. The standard InChI is InChI=1S/C34H52N2.2C10H12O4.Ni/c1-7-13-15-16-17-18-20-34(36-32-24-22-28(10-4)30(12-6)26-32)33(19-14-8-2)35-31-23-21-27(9-3)29(11-5)25-31;2*1-2-3-6-4-5-7(11)9(12)8(6)10(13)14;/h21-26H,7-20H2,1-6H3;2*4-5,11-12H,2-3H2,1H3,(H,13,14);/q;;;+2/p-2. The van der Waals surface area contributed by atoms with Crippen molar-refractivity contribution in [2.24, 2.45) is 9.98 Å². The van der Waals surface area contributed by atoms with Crippen molar-refractivity contribution in [3.63, 3.8) is 0 Å². The van der Waals surface area contributed by atoms with Gasteiger partial charge in [0.15, 0.2) is 23.0 Å². The predicted octanol–water partition coefficient (Wildman–Crippen LogP) is 11.5. The number of nitrogens with zero attached hydrogens (tertiary/aromatic N) is 2. The number of benzene rings is 4. The van der Waals surface area contributed by atoms with E-state index in [0.29, 0.717) is 24.0 Å². The smallest absolute Gasteiger partial charge is 0.545 e. The van der Waals surface area contributed by atoms with Crippen LogP contribution in [0.1, 0.15) is 187 Å². The molecule has 65 heavy (non-hydrogen) atoms. The van der Waals surface area contributed by atoms with Crippen molar-refractivity contribution in [2.75, 3.05) is 0 Å². The van der Waals surface area contributed by atoms with E-state index < -0.39 is 34.9 Å². The Hall–Kier alpha value is -5.15. The van der Waals surface area contributed by atoms with Crippen LogP contribution in [0.4, 0.5) is 11.4 Å². The minimum Gasteiger partial charge on any atom is -0.545 e. The fourth-order valence-electron chi connectivity index (χ4n) is 7.62. The Morgan fingerprint density at radius 1 is 0.446 bits per heavy atom. The predicted molar refractivity (Wildman–Crippen MR) is 258 cm³/mol. The van der Waals surface area contributed by atoms with Gasteiger partial charge in [0.1, 0.15) is 0 Å². The Morgan fingerprint density at radius 2 is 0.800 bits per heavy atom. The topological polar surface area (TPSA) is 186 Å². The summed E-state index contributed by atoms with van der Waals surface area (Å²) in [5.41, 5.74) is 10.6. The molecule has 0 aliphatic heterocycles. The molecule has 4 aromatic carbocycles. The van der Waals surface area contributed by atoms with Gasteiger partial charge in [-0.05, 0) is 134 Å². The Balaban J connectivity index is 0.000000593. The number of hydrogen-bond donors (Lipinski definition) is 4. The van der Waals surface area contributed by atoms with Gasteiger partial charge < -0.3 is 40.2 Å². The number of carboxylic acid groups (broad SMARTS) is 2. The summed E-state index contributed by atoms with van der Waals surface area (Å²) in [6.45, 7) is 17.3. The monoisotopic (exact) mass is 936 g/mol. The van der Waals surface area contributed by atoms with E-state index in [1.54, 1.807) is 0 Å². The van der Waals surface area contributed by atoms with E-state index >= 15 is 0 Å². The van der Waals surface area contributed by atoms with Crippen LogP contribution >= 0.6 is 0 Å².